The molecule has 1 atom stereocenters. The predicted molar refractivity (Wildman–Crippen MR) is 95.3 cm³/mol. The van der Waals surface area contributed by atoms with Gasteiger partial charge in [-0.1, -0.05) is 84.5 Å². The molecule has 140 valence electrons. The van der Waals surface area contributed by atoms with E-state index in [4.69, 9.17) is 0 Å². The zero-order valence-electron chi connectivity index (χ0n) is 16.2. The smallest absolute Gasteiger partial charge is 0.746 e. The fraction of sp³-hybridized carbons (Fsp3) is 1.00. The molecule has 0 heterocycles. The van der Waals surface area contributed by atoms with Gasteiger partial charge in [0, 0.05) is 0 Å². The third-order valence-electron chi connectivity index (χ3n) is 4.56. The number of unbranched alkanes of at least 4 members (excludes halogenated alkanes) is 11. The number of aliphatic hydroxyl groups is 1. The molecular weight excluding hydrogens is 335 g/mol. The van der Waals surface area contributed by atoms with Gasteiger partial charge in [0.1, 0.15) is 10.1 Å². The van der Waals surface area contributed by atoms with Crippen LogP contribution in [0.25, 0.3) is 0 Å². The SMILES string of the molecule is CCCCCCCCCCC(O)(CCCCCCC)S(=O)(=O)[O-].[Na+]. The second kappa shape index (κ2) is 16.1. The summed E-state index contributed by atoms with van der Waals surface area (Å²) in [6, 6.07) is 0. The molecule has 4 nitrogen and oxygen atoms in total. The normalized spacial score (nSPS) is 14.2. The molecule has 0 saturated heterocycles. The van der Waals surface area contributed by atoms with Crippen LogP contribution in [0.4, 0.5) is 0 Å². The first kappa shape index (κ1) is 27.1. The molecule has 0 spiro atoms. The monoisotopic (exact) mass is 372 g/mol. The van der Waals surface area contributed by atoms with Gasteiger partial charge >= 0.3 is 29.6 Å². The molecule has 0 saturated carbocycles. The van der Waals surface area contributed by atoms with Crippen LogP contribution in [0.1, 0.15) is 110 Å². The Bertz CT molecular complexity index is 373. The van der Waals surface area contributed by atoms with Gasteiger partial charge in [-0.05, 0) is 25.7 Å². The molecule has 1 N–H and O–H groups in total. The van der Waals surface area contributed by atoms with Crippen molar-refractivity contribution < 1.29 is 47.6 Å². The Morgan fingerprint density at radius 2 is 1.00 bits per heavy atom. The van der Waals surface area contributed by atoms with Crippen molar-refractivity contribution in [2.75, 3.05) is 0 Å². The first-order chi connectivity index (χ1) is 10.9. The Hall–Kier alpha value is 0.870. The van der Waals surface area contributed by atoms with Gasteiger partial charge in [0.05, 0.1) is 0 Å². The summed E-state index contributed by atoms with van der Waals surface area (Å²) in [7, 11) is -4.66. The van der Waals surface area contributed by atoms with Crippen LogP contribution in [0, 0.1) is 0 Å². The molecule has 0 bridgehead atoms. The summed E-state index contributed by atoms with van der Waals surface area (Å²) in [5, 5.41) is 10.3. The number of hydrogen-bond acceptors (Lipinski definition) is 4. The molecule has 0 aromatic rings. The first-order valence-corrected chi connectivity index (χ1v) is 11.0. The molecular formula is C18H37NaO4S. The number of hydrogen-bond donors (Lipinski definition) is 1. The van der Waals surface area contributed by atoms with Crippen LogP contribution >= 0.6 is 0 Å². The molecule has 0 aliphatic carbocycles. The molecule has 0 fully saturated rings. The van der Waals surface area contributed by atoms with Crippen molar-refractivity contribution >= 4 is 10.1 Å². The van der Waals surface area contributed by atoms with Crippen molar-refractivity contribution in [3.63, 3.8) is 0 Å². The van der Waals surface area contributed by atoms with E-state index in [1.807, 2.05) is 0 Å². The summed E-state index contributed by atoms with van der Waals surface area (Å²) >= 11 is 0. The van der Waals surface area contributed by atoms with Crippen LogP contribution in [0.3, 0.4) is 0 Å². The van der Waals surface area contributed by atoms with Crippen molar-refractivity contribution in [1.29, 1.82) is 0 Å². The third-order valence-corrected chi connectivity index (χ3v) is 5.90. The predicted octanol–water partition coefficient (Wildman–Crippen LogP) is 2.12. The van der Waals surface area contributed by atoms with Gasteiger partial charge in [0.2, 0.25) is 0 Å². The van der Waals surface area contributed by atoms with Gasteiger partial charge in [-0.25, -0.2) is 8.42 Å². The van der Waals surface area contributed by atoms with E-state index in [1.165, 1.54) is 25.7 Å². The summed E-state index contributed by atoms with van der Waals surface area (Å²) in [5.74, 6) is 0. The molecule has 0 aliphatic heterocycles. The zero-order chi connectivity index (χ0) is 17.6. The summed E-state index contributed by atoms with van der Waals surface area (Å²) in [6.07, 6.45) is 13.6. The maximum atomic E-state index is 11.4. The van der Waals surface area contributed by atoms with Crippen LogP contribution in [0.5, 0.6) is 0 Å². The van der Waals surface area contributed by atoms with E-state index < -0.39 is 15.1 Å². The Morgan fingerprint density at radius 1 is 0.708 bits per heavy atom. The van der Waals surface area contributed by atoms with Crippen molar-refractivity contribution in [2.24, 2.45) is 0 Å². The average Bonchev–Trinajstić information content (AvgIpc) is 2.48. The summed E-state index contributed by atoms with van der Waals surface area (Å²) in [4.78, 5) is -2.05. The van der Waals surface area contributed by atoms with Crippen LogP contribution < -0.4 is 29.6 Å². The van der Waals surface area contributed by atoms with E-state index >= 15 is 0 Å². The second-order valence-electron chi connectivity index (χ2n) is 6.79. The van der Waals surface area contributed by atoms with E-state index in [1.54, 1.807) is 0 Å². The molecule has 0 aromatic carbocycles. The molecule has 6 heteroatoms. The Kier molecular flexibility index (Phi) is 18.1. The van der Waals surface area contributed by atoms with Crippen LogP contribution in [-0.2, 0) is 10.1 Å². The summed E-state index contributed by atoms with van der Waals surface area (Å²) < 4.78 is 34.2. The largest absolute Gasteiger partial charge is 1.00 e. The van der Waals surface area contributed by atoms with Crippen molar-refractivity contribution in [3.05, 3.63) is 0 Å². The van der Waals surface area contributed by atoms with Gasteiger partial charge in [-0.3, -0.25) is 0 Å². The minimum absolute atomic E-state index is 0. The molecule has 0 aliphatic rings. The zero-order valence-corrected chi connectivity index (χ0v) is 19.0. The fourth-order valence-corrected chi connectivity index (χ4v) is 3.70. The first-order valence-electron chi connectivity index (χ1n) is 9.55. The van der Waals surface area contributed by atoms with Gasteiger partial charge in [0.15, 0.2) is 4.93 Å². The quantitative estimate of drug-likeness (QED) is 0.256. The van der Waals surface area contributed by atoms with Gasteiger partial charge in [-0.15, -0.1) is 0 Å². The molecule has 1 unspecified atom stereocenters. The average molecular weight is 373 g/mol. The van der Waals surface area contributed by atoms with E-state index in [0.717, 1.165) is 44.9 Å². The molecule has 0 amide bonds. The Morgan fingerprint density at radius 3 is 1.29 bits per heavy atom. The van der Waals surface area contributed by atoms with E-state index in [0.29, 0.717) is 12.8 Å². The Balaban J connectivity index is 0. The summed E-state index contributed by atoms with van der Waals surface area (Å²) in [6.45, 7) is 4.30. The minimum atomic E-state index is -4.66. The van der Waals surface area contributed by atoms with Gasteiger partial charge < -0.3 is 9.66 Å². The molecule has 0 aromatic heterocycles. The van der Waals surface area contributed by atoms with Crippen LogP contribution in [-0.4, -0.2) is 23.0 Å². The maximum absolute atomic E-state index is 11.4. The van der Waals surface area contributed by atoms with E-state index in [9.17, 15) is 18.1 Å². The standard InChI is InChI=1S/C18H38O4S.Na/c1-3-5-7-9-10-11-13-15-17-18(19,23(20,21)22)16-14-12-8-6-4-2;/h19H,3-17H2,1-2H3,(H,20,21,22);/q;+1/p-1. The fourth-order valence-electron chi connectivity index (χ4n) is 2.91. The minimum Gasteiger partial charge on any atom is -0.746 e. The van der Waals surface area contributed by atoms with Crippen molar-refractivity contribution in [1.82, 2.24) is 0 Å². The van der Waals surface area contributed by atoms with Gasteiger partial charge in [-0.2, -0.15) is 0 Å². The summed E-state index contributed by atoms with van der Waals surface area (Å²) in [5.41, 5.74) is 0. The van der Waals surface area contributed by atoms with Crippen molar-refractivity contribution in [3.8, 4) is 0 Å². The molecule has 0 rings (SSSR count). The third kappa shape index (κ3) is 13.1. The second-order valence-corrected chi connectivity index (χ2v) is 8.46. The number of rotatable bonds is 16. The van der Waals surface area contributed by atoms with Crippen molar-refractivity contribution in [2.45, 2.75) is 115 Å². The topological polar surface area (TPSA) is 77.4 Å². The molecule has 0 radical (unpaired) electrons. The van der Waals surface area contributed by atoms with E-state index in [-0.39, 0.29) is 42.4 Å². The van der Waals surface area contributed by atoms with Crippen LogP contribution in [0.15, 0.2) is 0 Å². The maximum Gasteiger partial charge on any atom is 1.00 e. The molecule has 24 heavy (non-hydrogen) atoms. The van der Waals surface area contributed by atoms with Crippen LogP contribution in [0.2, 0.25) is 0 Å². The Labute approximate surface area is 172 Å². The van der Waals surface area contributed by atoms with E-state index in [2.05, 4.69) is 13.8 Å². The van der Waals surface area contributed by atoms with Gasteiger partial charge in [0.25, 0.3) is 0 Å².